The van der Waals surface area contributed by atoms with E-state index in [2.05, 4.69) is 11.8 Å². The molecule has 0 atom stereocenters. The van der Waals surface area contributed by atoms with Gasteiger partial charge in [-0.25, -0.2) is 0 Å². The summed E-state index contributed by atoms with van der Waals surface area (Å²) in [5.41, 5.74) is 0. The van der Waals surface area contributed by atoms with Crippen molar-refractivity contribution in [3.63, 3.8) is 0 Å². The van der Waals surface area contributed by atoms with Crippen LogP contribution in [0.5, 0.6) is 0 Å². The summed E-state index contributed by atoms with van der Waals surface area (Å²) >= 11 is 1.54. The van der Waals surface area contributed by atoms with Gasteiger partial charge in [-0.3, -0.25) is 0 Å². The molecule has 0 saturated carbocycles. The number of nitroso groups, excluding NO2 is 3. The van der Waals surface area contributed by atoms with Gasteiger partial charge in [0.1, 0.15) is 0 Å². The molecule has 12 nitrogen and oxygen atoms in total. The summed E-state index contributed by atoms with van der Waals surface area (Å²) < 4.78 is 7.12. The van der Waals surface area contributed by atoms with E-state index in [0.29, 0.717) is 55.6 Å². The van der Waals surface area contributed by atoms with Gasteiger partial charge in [0.05, 0.1) is 0 Å². The fourth-order valence-corrected chi connectivity index (χ4v) is 1.09. The molecule has 0 aliphatic carbocycles. The van der Waals surface area contributed by atoms with Gasteiger partial charge in [0.15, 0.2) is 0 Å². The molecule has 0 amide bonds. The van der Waals surface area contributed by atoms with Crippen LogP contribution in [0.2, 0.25) is 0 Å². The van der Waals surface area contributed by atoms with Crippen LogP contribution in [0.1, 0.15) is 0 Å². The third-order valence-electron chi connectivity index (χ3n) is 1.19. The van der Waals surface area contributed by atoms with Gasteiger partial charge in [0.25, 0.3) is 0 Å². The molecule has 0 heterocycles. The zero-order chi connectivity index (χ0) is 18.8. The Kier molecular flexibility index (Phi) is 16.5. The first-order valence-corrected chi connectivity index (χ1v) is 11.2. The minimum atomic E-state index is -6.17. The topological polar surface area (TPSA) is 231 Å². The van der Waals surface area contributed by atoms with Crippen LogP contribution in [0.4, 0.5) is 0 Å². The molecule has 0 rings (SSSR count). The fraction of sp³-hybridized carbons (Fsp3) is 0. The maximum absolute atomic E-state index is 8.61. The first-order valence-electron chi connectivity index (χ1n) is 3.90. The van der Waals surface area contributed by atoms with Crippen molar-refractivity contribution in [2.75, 3.05) is 0 Å². The second-order valence-corrected chi connectivity index (χ2v) is 9.43. The van der Waals surface area contributed by atoms with E-state index in [-0.39, 0.29) is 0 Å². The van der Waals surface area contributed by atoms with Crippen LogP contribution in [0.15, 0.2) is 11.8 Å². The van der Waals surface area contributed by atoms with Crippen LogP contribution >= 0.6 is 0 Å². The van der Waals surface area contributed by atoms with Gasteiger partial charge in [-0.15, -0.1) is 0 Å². The second-order valence-electron chi connectivity index (χ2n) is 2.19. The first-order chi connectivity index (χ1) is 10.2. The van der Waals surface area contributed by atoms with E-state index < -0.39 is 10.7 Å². The summed E-state index contributed by atoms with van der Waals surface area (Å²) in [4.78, 5) is 32.0. The van der Waals surface area contributed by atoms with Crippen LogP contribution in [-0.2, 0) is 66.4 Å². The number of hydrogen-bond donors (Lipinski definition) is 0. The first kappa shape index (κ1) is 28.3. The molecule has 0 N–H and O–H groups in total. The molecule has 0 saturated heterocycles. The Balaban J connectivity index is -0.000000148. The third kappa shape index (κ3) is 6.72. The van der Waals surface area contributed by atoms with E-state index in [4.69, 9.17) is 46.3 Å². The van der Waals surface area contributed by atoms with Gasteiger partial charge in [0.2, 0.25) is 0 Å². The molecule has 0 unspecified atom stereocenters. The molecule has 0 bridgehead atoms. The fourth-order valence-electron chi connectivity index (χ4n) is 0.265. The van der Waals surface area contributed by atoms with Gasteiger partial charge >= 0.3 is 154 Å². The van der Waals surface area contributed by atoms with Gasteiger partial charge < -0.3 is 0 Å². The van der Waals surface area contributed by atoms with Crippen molar-refractivity contribution < 1.29 is 66.4 Å². The predicted octanol–water partition coefficient (Wildman–Crippen LogP) is 0.742. The molecule has 16 heteroatoms. The van der Waals surface area contributed by atoms with E-state index in [1.165, 1.54) is 0 Å². The monoisotopic (exact) mass is 494 g/mol. The van der Waals surface area contributed by atoms with E-state index in [9.17, 15) is 0 Å². The van der Waals surface area contributed by atoms with Crippen molar-refractivity contribution >= 4 is 0 Å². The van der Waals surface area contributed by atoms with Gasteiger partial charge in [-0.05, 0) is 0 Å². The van der Waals surface area contributed by atoms with Crippen molar-refractivity contribution in [2.45, 2.75) is 0 Å². The Labute approximate surface area is 153 Å². The zero-order valence-corrected chi connectivity index (χ0v) is 20.7. The second kappa shape index (κ2) is 12.8. The molecule has 0 spiro atoms. The van der Waals surface area contributed by atoms with E-state index in [0.717, 1.165) is 29.8 Å². The molecular weight excluding hydrogens is 498 g/mol. The van der Waals surface area contributed by atoms with Gasteiger partial charge in [-0.2, -0.15) is 0 Å². The van der Waals surface area contributed by atoms with Crippen LogP contribution in [0.3, 0.4) is 0 Å². The summed E-state index contributed by atoms with van der Waals surface area (Å²) in [6, 6.07) is 0. The summed E-state index contributed by atoms with van der Waals surface area (Å²) in [6.07, 6.45) is 0. The molecule has 0 radical (unpaired) electrons. The number of nitriles is 6. The number of rotatable bonds is 0. The van der Waals surface area contributed by atoms with Crippen molar-refractivity contribution in [3.8, 4) is 29.8 Å². The quantitative estimate of drug-likeness (QED) is 0.338. The average Bonchev–Trinajstić information content (AvgIpc) is 2.55. The Bertz CT molecular complexity index is 524. The number of hydrogen-bond acceptors (Lipinski definition) is 12. The molecule has 101 valence electrons. The summed E-state index contributed by atoms with van der Waals surface area (Å²) in [5, 5.41) is 51.5. The van der Waals surface area contributed by atoms with E-state index in [1.54, 1.807) is 0 Å². The summed E-state index contributed by atoms with van der Waals surface area (Å²) in [6.45, 7) is 0. The van der Waals surface area contributed by atoms with Crippen LogP contribution in [0, 0.1) is 76.1 Å². The summed E-state index contributed by atoms with van der Waals surface area (Å²) in [5.74, 6) is 0. The van der Waals surface area contributed by atoms with E-state index in [1.807, 2.05) is 0 Å². The molecule has 0 aliphatic rings. The van der Waals surface area contributed by atoms with Crippen molar-refractivity contribution in [1.29, 1.82) is 31.6 Å². The van der Waals surface area contributed by atoms with E-state index >= 15 is 0 Å². The Morgan fingerprint density at radius 1 is 0.545 bits per heavy atom. The third-order valence-corrected chi connectivity index (χ3v) is 4.89. The van der Waals surface area contributed by atoms with Gasteiger partial charge in [-0.1, -0.05) is 0 Å². The minimum absolute atomic E-state index is 0.514. The SMILES string of the molecule is N#[C][Fe-3]([C]#N)([C]#N)([C]#N)([C]#N)[C]#N.O=[N][Zn+].O=[N][Zn+].O=[N][Zn+]. The predicted molar refractivity (Wildman–Crippen MR) is 51.1 cm³/mol. The van der Waals surface area contributed by atoms with Crippen LogP contribution in [-0.4, -0.2) is 0 Å². The zero-order valence-electron chi connectivity index (χ0n) is 10.7. The van der Waals surface area contributed by atoms with Crippen LogP contribution < -0.4 is 0 Å². The molecule has 0 aromatic rings. The maximum atomic E-state index is 8.61. The van der Waals surface area contributed by atoms with Crippen molar-refractivity contribution in [1.82, 2.24) is 0 Å². The van der Waals surface area contributed by atoms with Crippen molar-refractivity contribution in [2.24, 2.45) is 11.8 Å². The van der Waals surface area contributed by atoms with Crippen molar-refractivity contribution in [3.05, 3.63) is 14.7 Å². The normalized spacial score (nSPS) is 9.82. The van der Waals surface area contributed by atoms with Crippen LogP contribution in [0.25, 0.3) is 0 Å². The molecule has 0 aromatic carbocycles. The Morgan fingerprint density at radius 3 is 0.636 bits per heavy atom. The standard InChI is InChI=1S/6CN.Fe.3NO.3Zn/c6*1-2;;3*1-2;;;/q;;;;;;-3;3*-1;3*+2. The molecule has 0 aromatic heterocycles. The van der Waals surface area contributed by atoms with Gasteiger partial charge in [0, 0.05) is 0 Å². The number of nitrogens with zero attached hydrogens (tertiary/aromatic N) is 9. The molecule has 22 heavy (non-hydrogen) atoms. The average molecular weight is 498 g/mol. The summed E-state index contributed by atoms with van der Waals surface area (Å²) in [7, 11) is -6.17. The molecule has 0 aliphatic heterocycles. The Hall–Kier alpha value is -1.87. The molecule has 0 fully saturated rings. The molecular formula is C6FeN9O3Zn3. The Morgan fingerprint density at radius 2 is 0.636 bits per heavy atom.